The van der Waals surface area contributed by atoms with Crippen LogP contribution in [-0.4, -0.2) is 61.6 Å². The number of anilines is 2. The van der Waals surface area contributed by atoms with Crippen molar-refractivity contribution in [3.05, 3.63) is 89.8 Å². The highest BCUT2D eigenvalue weighted by atomic mass is 16.2. The molecule has 0 aliphatic heterocycles. The number of aromatic nitrogens is 5. The average molecular weight is 521 g/mol. The van der Waals surface area contributed by atoms with E-state index in [0.717, 1.165) is 17.4 Å². The van der Waals surface area contributed by atoms with Gasteiger partial charge in [0, 0.05) is 43.0 Å². The van der Waals surface area contributed by atoms with E-state index in [0.29, 0.717) is 34.3 Å². The molecule has 1 fully saturated rings. The largest absolute Gasteiger partial charge is 0.382 e. The number of nitrogens with two attached hydrogens (primary N) is 1. The molecule has 1 saturated carbocycles. The fraction of sp³-hybridized carbons (Fsp3) is 0.207. The van der Waals surface area contributed by atoms with Crippen LogP contribution in [0, 0.1) is 0 Å². The van der Waals surface area contributed by atoms with Crippen LogP contribution in [0.5, 0.6) is 0 Å². The van der Waals surface area contributed by atoms with Gasteiger partial charge in [0.15, 0.2) is 11.5 Å². The van der Waals surface area contributed by atoms with E-state index in [1.165, 1.54) is 28.3 Å². The fourth-order valence-electron chi connectivity index (χ4n) is 4.79. The number of nitrogens with zero attached hydrogens (tertiary/aromatic N) is 7. The minimum absolute atomic E-state index is 0.150. The lowest BCUT2D eigenvalue weighted by molar-refractivity contribution is -0.113. The zero-order valence-electron chi connectivity index (χ0n) is 21.7. The summed E-state index contributed by atoms with van der Waals surface area (Å²) in [5.41, 5.74) is 9.33. The summed E-state index contributed by atoms with van der Waals surface area (Å²) in [4.78, 5) is 43.6. The summed E-state index contributed by atoms with van der Waals surface area (Å²) in [6.45, 7) is 0.727. The third kappa shape index (κ3) is 4.55. The molecule has 10 nitrogen and oxygen atoms in total. The van der Waals surface area contributed by atoms with Crippen molar-refractivity contribution in [1.82, 2.24) is 29.0 Å². The van der Waals surface area contributed by atoms with E-state index in [2.05, 4.69) is 26.9 Å². The van der Waals surface area contributed by atoms with Gasteiger partial charge < -0.3 is 10.6 Å². The molecular formula is C29H28N8O2. The molecule has 6 rings (SSSR count). The van der Waals surface area contributed by atoms with Crippen LogP contribution in [0.1, 0.15) is 12.8 Å². The second-order valence-corrected chi connectivity index (χ2v) is 9.76. The summed E-state index contributed by atoms with van der Waals surface area (Å²) in [6.07, 6.45) is 8.98. The Morgan fingerprint density at radius 2 is 1.85 bits per heavy atom. The van der Waals surface area contributed by atoms with Gasteiger partial charge in [0.1, 0.15) is 11.8 Å². The molecule has 0 unspecified atom stereocenters. The van der Waals surface area contributed by atoms with E-state index in [1.807, 2.05) is 42.5 Å². The number of pyridine rings is 1. The third-order valence-electron chi connectivity index (χ3n) is 7.12. The van der Waals surface area contributed by atoms with Crippen molar-refractivity contribution < 1.29 is 4.79 Å². The molecule has 5 aromatic rings. The first kappa shape index (κ1) is 24.5. The minimum atomic E-state index is -0.352. The van der Waals surface area contributed by atoms with Crippen LogP contribution in [-0.2, 0) is 4.79 Å². The molecule has 1 aliphatic rings. The zero-order chi connectivity index (χ0) is 27.1. The number of nitrogen functional groups attached to an aromatic ring is 1. The van der Waals surface area contributed by atoms with Crippen LogP contribution in [0.15, 0.2) is 84.1 Å². The number of hydrogen-bond donors (Lipinski definition) is 1. The Hall–Kier alpha value is -4.83. The Labute approximate surface area is 224 Å². The van der Waals surface area contributed by atoms with Crippen molar-refractivity contribution in [3.63, 3.8) is 0 Å². The van der Waals surface area contributed by atoms with Gasteiger partial charge in [-0.3, -0.25) is 19.2 Å². The van der Waals surface area contributed by atoms with Gasteiger partial charge in [0.25, 0.3) is 0 Å². The predicted molar refractivity (Wildman–Crippen MR) is 152 cm³/mol. The van der Waals surface area contributed by atoms with Crippen LogP contribution in [0.3, 0.4) is 0 Å². The Morgan fingerprint density at radius 3 is 2.67 bits per heavy atom. The third-order valence-corrected chi connectivity index (χ3v) is 7.12. The maximum Gasteiger partial charge on any atom is 0.339 e. The van der Waals surface area contributed by atoms with E-state index >= 15 is 0 Å². The molecule has 2 N–H and O–H groups in total. The van der Waals surface area contributed by atoms with Crippen molar-refractivity contribution in [2.75, 3.05) is 31.3 Å². The molecule has 1 amide bonds. The quantitative estimate of drug-likeness (QED) is 0.327. The summed E-state index contributed by atoms with van der Waals surface area (Å²) < 4.78 is 3.00. The standard InChI is InChI=1S/C29H28N8O2/c1-34(20-10-11-20)15-5-9-25(38)35(2)21-7-3-8-22(17-21)37-28-26(27(30)32-18-33-28)36(29(37)39)23-12-13-24-19(16-23)6-4-14-31-24/h3-9,12-14,16-18,20H,10-11,15H2,1-2H3,(H2,30,32,33)/b9-5+. The summed E-state index contributed by atoms with van der Waals surface area (Å²) in [6, 6.07) is 17.2. The number of likely N-dealkylation sites (N-methyl/N-ethyl adjacent to an activating group) is 2. The number of amides is 1. The lowest BCUT2D eigenvalue weighted by Gasteiger charge is -2.17. The van der Waals surface area contributed by atoms with Crippen molar-refractivity contribution in [1.29, 1.82) is 0 Å². The fourth-order valence-corrected chi connectivity index (χ4v) is 4.79. The highest BCUT2D eigenvalue weighted by molar-refractivity contribution is 6.01. The number of carbonyl (C=O) groups is 1. The molecular weight excluding hydrogens is 492 g/mol. The van der Waals surface area contributed by atoms with Crippen molar-refractivity contribution >= 4 is 39.5 Å². The highest BCUT2D eigenvalue weighted by Crippen LogP contribution is 2.27. The molecule has 0 spiro atoms. The van der Waals surface area contributed by atoms with E-state index in [4.69, 9.17) is 5.73 Å². The number of carbonyl (C=O) groups excluding carboxylic acids is 1. The van der Waals surface area contributed by atoms with E-state index in [-0.39, 0.29) is 17.4 Å². The van der Waals surface area contributed by atoms with E-state index < -0.39 is 0 Å². The molecule has 2 aromatic carbocycles. The molecule has 0 saturated heterocycles. The van der Waals surface area contributed by atoms with Crippen LogP contribution in [0.25, 0.3) is 33.4 Å². The lowest BCUT2D eigenvalue weighted by atomic mass is 10.2. The summed E-state index contributed by atoms with van der Waals surface area (Å²) in [5.74, 6) is 0.0364. The number of imidazole rings is 1. The normalized spacial score (nSPS) is 13.6. The maximum atomic E-state index is 13.9. The summed E-state index contributed by atoms with van der Waals surface area (Å²) >= 11 is 0. The van der Waals surface area contributed by atoms with E-state index in [9.17, 15) is 9.59 Å². The average Bonchev–Trinajstić information content (AvgIpc) is 3.76. The Bertz CT molecular complexity index is 1800. The Balaban J connectivity index is 1.40. The summed E-state index contributed by atoms with van der Waals surface area (Å²) in [7, 11) is 3.78. The second-order valence-electron chi connectivity index (χ2n) is 9.76. The SMILES string of the molecule is CN(C(=O)/C=C/CN(C)C1CC1)c1cccc(-n2c(=O)n(-c3ccc4ncccc4c3)c3c(N)ncnc32)c1. The van der Waals surface area contributed by atoms with Gasteiger partial charge in [-0.2, -0.15) is 0 Å². The van der Waals surface area contributed by atoms with Gasteiger partial charge in [0.2, 0.25) is 5.91 Å². The highest BCUT2D eigenvalue weighted by Gasteiger charge is 2.25. The molecule has 0 atom stereocenters. The smallest absolute Gasteiger partial charge is 0.339 e. The first-order valence-corrected chi connectivity index (χ1v) is 12.8. The minimum Gasteiger partial charge on any atom is -0.382 e. The van der Waals surface area contributed by atoms with Gasteiger partial charge in [-0.05, 0) is 62.4 Å². The molecule has 39 heavy (non-hydrogen) atoms. The first-order chi connectivity index (χ1) is 18.9. The molecule has 0 radical (unpaired) electrons. The van der Waals surface area contributed by atoms with Gasteiger partial charge in [-0.1, -0.05) is 18.2 Å². The van der Waals surface area contributed by atoms with Crippen molar-refractivity contribution in [3.8, 4) is 11.4 Å². The van der Waals surface area contributed by atoms with Crippen LogP contribution in [0.2, 0.25) is 0 Å². The molecule has 3 heterocycles. The second kappa shape index (κ2) is 9.80. The predicted octanol–water partition coefficient (Wildman–Crippen LogP) is 3.32. The van der Waals surface area contributed by atoms with E-state index in [1.54, 1.807) is 42.4 Å². The molecule has 0 bridgehead atoms. The zero-order valence-corrected chi connectivity index (χ0v) is 21.7. The van der Waals surface area contributed by atoms with Gasteiger partial charge in [0.05, 0.1) is 16.9 Å². The van der Waals surface area contributed by atoms with Crippen LogP contribution < -0.4 is 16.3 Å². The molecule has 1 aliphatic carbocycles. The Morgan fingerprint density at radius 1 is 1.03 bits per heavy atom. The van der Waals surface area contributed by atoms with Crippen LogP contribution >= 0.6 is 0 Å². The van der Waals surface area contributed by atoms with Gasteiger partial charge in [-0.25, -0.2) is 19.3 Å². The lowest BCUT2D eigenvalue weighted by Crippen LogP contribution is -2.26. The first-order valence-electron chi connectivity index (χ1n) is 12.8. The van der Waals surface area contributed by atoms with Crippen molar-refractivity contribution in [2.45, 2.75) is 18.9 Å². The van der Waals surface area contributed by atoms with Gasteiger partial charge >= 0.3 is 5.69 Å². The number of rotatable bonds is 7. The summed E-state index contributed by atoms with van der Waals surface area (Å²) in [5, 5.41) is 0.886. The number of fused-ring (bicyclic) bond motifs is 2. The molecule has 10 heteroatoms. The Kier molecular flexibility index (Phi) is 6.16. The van der Waals surface area contributed by atoms with Crippen molar-refractivity contribution in [2.24, 2.45) is 0 Å². The maximum absolute atomic E-state index is 13.9. The topological polar surface area (TPSA) is 115 Å². The monoisotopic (exact) mass is 520 g/mol. The molecule has 196 valence electrons. The number of hydrogen-bond acceptors (Lipinski definition) is 7. The van der Waals surface area contributed by atoms with Crippen LogP contribution in [0.4, 0.5) is 11.5 Å². The van der Waals surface area contributed by atoms with Gasteiger partial charge in [-0.15, -0.1) is 0 Å². The molecule has 3 aromatic heterocycles. The number of benzene rings is 2.